The highest BCUT2D eigenvalue weighted by Crippen LogP contribution is 2.26. The van der Waals surface area contributed by atoms with Crippen molar-refractivity contribution in [2.24, 2.45) is 5.92 Å². The van der Waals surface area contributed by atoms with Gasteiger partial charge in [0.05, 0.1) is 4.90 Å². The van der Waals surface area contributed by atoms with Crippen molar-refractivity contribution in [3.05, 3.63) is 29.3 Å². The van der Waals surface area contributed by atoms with Gasteiger partial charge in [-0.15, -0.1) is 0 Å². The fourth-order valence-electron chi connectivity index (χ4n) is 2.79. The van der Waals surface area contributed by atoms with Crippen LogP contribution in [-0.2, 0) is 14.8 Å². The number of amides is 1. The van der Waals surface area contributed by atoms with Gasteiger partial charge in [-0.05, 0) is 38.3 Å². The third kappa shape index (κ3) is 3.27. The van der Waals surface area contributed by atoms with Crippen molar-refractivity contribution in [2.45, 2.75) is 31.6 Å². The first kappa shape index (κ1) is 16.0. The van der Waals surface area contributed by atoms with Gasteiger partial charge in [-0.1, -0.05) is 17.7 Å². The molecule has 1 aromatic carbocycles. The quantitative estimate of drug-likeness (QED) is 0.919. The van der Waals surface area contributed by atoms with E-state index in [9.17, 15) is 13.2 Å². The Hall–Kier alpha value is -1.40. The van der Waals surface area contributed by atoms with Crippen LogP contribution in [0.3, 0.4) is 0 Å². The lowest BCUT2D eigenvalue weighted by Crippen LogP contribution is -2.42. The fraction of sp³-hybridized carbons (Fsp3) is 0.533. The maximum atomic E-state index is 12.7. The molecule has 0 bridgehead atoms. The molecule has 0 spiro atoms. The van der Waals surface area contributed by atoms with E-state index in [4.69, 9.17) is 0 Å². The van der Waals surface area contributed by atoms with E-state index in [-0.39, 0.29) is 11.8 Å². The van der Waals surface area contributed by atoms with Crippen molar-refractivity contribution in [1.29, 1.82) is 0 Å². The Labute approximate surface area is 126 Å². The summed E-state index contributed by atoms with van der Waals surface area (Å²) in [5.41, 5.74) is 1.81. The minimum atomic E-state index is -3.46. The van der Waals surface area contributed by atoms with E-state index in [1.54, 1.807) is 13.1 Å². The maximum Gasteiger partial charge on any atom is 0.243 e. The molecule has 21 heavy (non-hydrogen) atoms. The van der Waals surface area contributed by atoms with Gasteiger partial charge in [-0.2, -0.15) is 4.31 Å². The van der Waals surface area contributed by atoms with Crippen molar-refractivity contribution in [3.63, 3.8) is 0 Å². The number of rotatable bonds is 3. The minimum Gasteiger partial charge on any atom is -0.359 e. The normalized spacial score (nSPS) is 17.7. The van der Waals surface area contributed by atoms with Crippen LogP contribution >= 0.6 is 0 Å². The van der Waals surface area contributed by atoms with Gasteiger partial charge < -0.3 is 5.32 Å². The number of piperidine rings is 1. The Balaban J connectivity index is 2.17. The number of carbonyl (C=O) groups excluding carboxylic acids is 1. The molecule has 6 heteroatoms. The summed E-state index contributed by atoms with van der Waals surface area (Å²) >= 11 is 0. The molecule has 0 unspecified atom stereocenters. The van der Waals surface area contributed by atoms with Gasteiger partial charge in [-0.3, -0.25) is 4.79 Å². The molecular weight excluding hydrogens is 288 g/mol. The molecule has 1 aliphatic heterocycles. The Kier molecular flexibility index (Phi) is 4.68. The summed E-state index contributed by atoms with van der Waals surface area (Å²) in [5.74, 6) is -0.0841. The molecule has 1 saturated heterocycles. The van der Waals surface area contributed by atoms with E-state index in [0.29, 0.717) is 30.8 Å². The van der Waals surface area contributed by atoms with E-state index in [0.717, 1.165) is 11.1 Å². The number of benzene rings is 1. The molecule has 0 atom stereocenters. The molecule has 0 aliphatic carbocycles. The average molecular weight is 310 g/mol. The highest BCUT2D eigenvalue weighted by molar-refractivity contribution is 7.89. The zero-order valence-electron chi connectivity index (χ0n) is 12.7. The van der Waals surface area contributed by atoms with Gasteiger partial charge in [0.1, 0.15) is 0 Å². The van der Waals surface area contributed by atoms with Crippen LogP contribution in [-0.4, -0.2) is 38.8 Å². The molecule has 1 aromatic rings. The molecule has 1 amide bonds. The van der Waals surface area contributed by atoms with Crippen LogP contribution in [0, 0.1) is 19.8 Å². The minimum absolute atomic E-state index is 0.00133. The SMILES string of the molecule is CNC(=O)C1CCN(S(=O)(=O)c2ccc(C)cc2C)CC1. The molecule has 1 heterocycles. The lowest BCUT2D eigenvalue weighted by Gasteiger charge is -2.30. The molecule has 0 radical (unpaired) electrons. The largest absolute Gasteiger partial charge is 0.359 e. The first-order chi connectivity index (χ1) is 9.86. The topological polar surface area (TPSA) is 66.5 Å². The number of sulfonamides is 1. The summed E-state index contributed by atoms with van der Waals surface area (Å²) < 4.78 is 26.9. The molecular formula is C15H22N2O3S. The smallest absolute Gasteiger partial charge is 0.243 e. The molecule has 1 fully saturated rings. The summed E-state index contributed by atoms with van der Waals surface area (Å²) in [6.45, 7) is 4.55. The average Bonchev–Trinajstić information content (AvgIpc) is 2.46. The summed E-state index contributed by atoms with van der Waals surface area (Å²) in [6, 6.07) is 5.37. The van der Waals surface area contributed by atoms with Gasteiger partial charge in [0, 0.05) is 26.1 Å². The van der Waals surface area contributed by atoms with E-state index in [1.165, 1.54) is 4.31 Å². The second-order valence-electron chi connectivity index (χ2n) is 5.56. The molecule has 116 valence electrons. The third-order valence-electron chi connectivity index (χ3n) is 4.02. The maximum absolute atomic E-state index is 12.7. The molecule has 5 nitrogen and oxygen atoms in total. The van der Waals surface area contributed by atoms with Gasteiger partial charge in [0.15, 0.2) is 0 Å². The van der Waals surface area contributed by atoms with Crippen molar-refractivity contribution in [1.82, 2.24) is 9.62 Å². The van der Waals surface area contributed by atoms with E-state index >= 15 is 0 Å². The van der Waals surface area contributed by atoms with E-state index in [1.807, 2.05) is 26.0 Å². The lowest BCUT2D eigenvalue weighted by atomic mass is 9.97. The number of aryl methyl sites for hydroxylation is 2. The van der Waals surface area contributed by atoms with Crippen molar-refractivity contribution < 1.29 is 13.2 Å². The molecule has 1 aliphatic rings. The highest BCUT2D eigenvalue weighted by atomic mass is 32.2. The predicted molar refractivity (Wildman–Crippen MR) is 81.5 cm³/mol. The third-order valence-corrected chi connectivity index (χ3v) is 6.08. The first-order valence-corrected chi connectivity index (χ1v) is 8.59. The Morgan fingerprint density at radius 1 is 1.24 bits per heavy atom. The van der Waals surface area contributed by atoms with Gasteiger partial charge in [0.25, 0.3) is 0 Å². The summed E-state index contributed by atoms with van der Waals surface area (Å²) in [6.07, 6.45) is 1.15. The number of nitrogens with one attached hydrogen (secondary N) is 1. The lowest BCUT2D eigenvalue weighted by molar-refractivity contribution is -0.125. The van der Waals surface area contributed by atoms with Crippen LogP contribution in [0.15, 0.2) is 23.1 Å². The molecule has 1 N–H and O–H groups in total. The van der Waals surface area contributed by atoms with Crippen LogP contribution in [0.4, 0.5) is 0 Å². The van der Waals surface area contributed by atoms with Crippen LogP contribution in [0.2, 0.25) is 0 Å². The number of nitrogens with zero attached hydrogens (tertiary/aromatic N) is 1. The highest BCUT2D eigenvalue weighted by Gasteiger charge is 2.32. The van der Waals surface area contributed by atoms with Crippen LogP contribution in [0.5, 0.6) is 0 Å². The van der Waals surface area contributed by atoms with Crippen molar-refractivity contribution in [3.8, 4) is 0 Å². The second kappa shape index (κ2) is 6.15. The zero-order chi connectivity index (χ0) is 15.6. The summed E-state index contributed by atoms with van der Waals surface area (Å²) in [7, 11) is -1.85. The monoisotopic (exact) mass is 310 g/mol. The van der Waals surface area contributed by atoms with E-state index in [2.05, 4.69) is 5.32 Å². The number of hydrogen-bond donors (Lipinski definition) is 1. The van der Waals surface area contributed by atoms with Gasteiger partial charge >= 0.3 is 0 Å². The fourth-order valence-corrected chi connectivity index (χ4v) is 4.47. The summed E-state index contributed by atoms with van der Waals surface area (Å²) in [4.78, 5) is 12.0. The zero-order valence-corrected chi connectivity index (χ0v) is 13.5. The number of hydrogen-bond acceptors (Lipinski definition) is 3. The van der Waals surface area contributed by atoms with Gasteiger partial charge in [-0.25, -0.2) is 8.42 Å². The molecule has 2 rings (SSSR count). The second-order valence-corrected chi connectivity index (χ2v) is 7.47. The Morgan fingerprint density at radius 2 is 1.86 bits per heavy atom. The van der Waals surface area contributed by atoms with Crippen LogP contribution in [0.25, 0.3) is 0 Å². The first-order valence-electron chi connectivity index (χ1n) is 7.15. The van der Waals surface area contributed by atoms with Crippen LogP contribution < -0.4 is 5.32 Å². The molecule has 0 saturated carbocycles. The Morgan fingerprint density at radius 3 is 2.38 bits per heavy atom. The van der Waals surface area contributed by atoms with Crippen molar-refractivity contribution >= 4 is 15.9 Å². The summed E-state index contributed by atoms with van der Waals surface area (Å²) in [5, 5.41) is 2.63. The standard InChI is InChI=1S/C15H22N2O3S/c1-11-4-5-14(12(2)10-11)21(19,20)17-8-6-13(7-9-17)15(18)16-3/h4-5,10,13H,6-9H2,1-3H3,(H,16,18). The van der Waals surface area contributed by atoms with Crippen molar-refractivity contribution in [2.75, 3.05) is 20.1 Å². The van der Waals surface area contributed by atoms with Gasteiger partial charge in [0.2, 0.25) is 15.9 Å². The van der Waals surface area contributed by atoms with E-state index < -0.39 is 10.0 Å². The predicted octanol–water partition coefficient (Wildman–Crippen LogP) is 1.45. The number of carbonyl (C=O) groups is 1. The molecule has 0 aromatic heterocycles. The Bertz CT molecular complexity index is 632. The van der Waals surface area contributed by atoms with Crippen LogP contribution in [0.1, 0.15) is 24.0 Å².